The van der Waals surface area contributed by atoms with Crippen molar-refractivity contribution in [3.63, 3.8) is 0 Å². The van der Waals surface area contributed by atoms with Crippen molar-refractivity contribution in [1.82, 2.24) is 30.4 Å². The van der Waals surface area contributed by atoms with Crippen molar-refractivity contribution in [3.8, 4) is 0 Å². The predicted octanol–water partition coefficient (Wildman–Crippen LogP) is 3.27. The first-order chi connectivity index (χ1) is 17.4. The van der Waals surface area contributed by atoms with Crippen molar-refractivity contribution in [1.29, 1.82) is 0 Å². The van der Waals surface area contributed by atoms with E-state index in [4.69, 9.17) is 11.5 Å². The van der Waals surface area contributed by atoms with E-state index in [-0.39, 0.29) is 36.5 Å². The predicted molar refractivity (Wildman–Crippen MR) is 141 cm³/mol. The van der Waals surface area contributed by atoms with Gasteiger partial charge in [-0.25, -0.2) is 9.97 Å². The Morgan fingerprint density at radius 2 is 1.28 bits per heavy atom. The summed E-state index contributed by atoms with van der Waals surface area (Å²) in [5.74, 6) is 0.0435. The van der Waals surface area contributed by atoms with Gasteiger partial charge in [0.05, 0.1) is 24.2 Å². The number of amides is 2. The van der Waals surface area contributed by atoms with E-state index in [1.165, 1.54) is 45.3 Å². The summed E-state index contributed by atoms with van der Waals surface area (Å²) in [5.41, 5.74) is 12.5. The van der Waals surface area contributed by atoms with Crippen molar-refractivity contribution in [2.24, 2.45) is 0 Å². The molecule has 1 aliphatic rings. The van der Waals surface area contributed by atoms with E-state index >= 15 is 0 Å². The van der Waals surface area contributed by atoms with Gasteiger partial charge in [-0.3, -0.25) is 9.59 Å². The fourth-order valence-electron chi connectivity index (χ4n) is 4.00. The molecule has 1 fully saturated rings. The summed E-state index contributed by atoms with van der Waals surface area (Å²) in [7, 11) is 0. The molecule has 5 rings (SSSR count). The number of aromatic nitrogens is 6. The number of carbonyl (C=O) groups excluding carboxylic acids is 2. The van der Waals surface area contributed by atoms with Crippen LogP contribution in [0.3, 0.4) is 0 Å². The van der Waals surface area contributed by atoms with Crippen LogP contribution in [-0.2, 0) is 22.4 Å². The molecule has 0 saturated heterocycles. The number of nitrogen functional groups attached to an aromatic ring is 2. The van der Waals surface area contributed by atoms with Crippen molar-refractivity contribution < 1.29 is 9.59 Å². The molecule has 0 bridgehead atoms. The maximum atomic E-state index is 12.3. The Bertz CT molecular complexity index is 1260. The largest absolute Gasteiger partial charge is 0.375 e. The molecule has 16 heteroatoms. The van der Waals surface area contributed by atoms with Crippen LogP contribution in [0.4, 0.5) is 20.5 Å². The minimum absolute atomic E-state index is 0.141. The smallest absolute Gasteiger partial charge is 0.232 e. The van der Waals surface area contributed by atoms with Gasteiger partial charge >= 0.3 is 0 Å². The number of rotatable bonds is 8. The number of thiazole rings is 2. The van der Waals surface area contributed by atoms with E-state index < -0.39 is 0 Å². The second-order valence-corrected chi connectivity index (χ2v) is 12.1. The minimum atomic E-state index is -0.203. The van der Waals surface area contributed by atoms with Crippen LogP contribution in [0.1, 0.15) is 58.9 Å². The molecule has 2 atom stereocenters. The summed E-state index contributed by atoms with van der Waals surface area (Å²) in [4.78, 5) is 32.8. The summed E-state index contributed by atoms with van der Waals surface area (Å²) in [6, 6.07) is 0. The van der Waals surface area contributed by atoms with Gasteiger partial charge in [0.1, 0.15) is 10.0 Å². The Hall–Kier alpha value is -3.08. The Labute approximate surface area is 221 Å². The molecule has 1 aliphatic carbocycles. The van der Waals surface area contributed by atoms with Crippen molar-refractivity contribution in [2.45, 2.75) is 50.4 Å². The first-order valence-electron chi connectivity index (χ1n) is 11.1. The lowest BCUT2D eigenvalue weighted by Crippen LogP contribution is -2.14. The summed E-state index contributed by atoms with van der Waals surface area (Å²) < 4.78 is 0. The number of hydrogen-bond acceptors (Lipinski definition) is 14. The zero-order valence-electron chi connectivity index (χ0n) is 18.8. The number of hydrogen-bond donors (Lipinski definition) is 4. The van der Waals surface area contributed by atoms with Gasteiger partial charge in [0, 0.05) is 22.6 Å². The molecule has 0 aromatic carbocycles. The molecule has 4 aromatic rings. The van der Waals surface area contributed by atoms with Gasteiger partial charge in [-0.05, 0) is 19.3 Å². The summed E-state index contributed by atoms with van der Waals surface area (Å²) >= 11 is 5.40. The average molecular weight is 563 g/mol. The molecule has 12 nitrogen and oxygen atoms in total. The van der Waals surface area contributed by atoms with E-state index in [0.29, 0.717) is 31.9 Å². The third kappa shape index (κ3) is 6.18. The molecule has 0 spiro atoms. The fourth-order valence-corrected chi connectivity index (χ4v) is 6.94. The van der Waals surface area contributed by atoms with Crippen LogP contribution in [0, 0.1) is 0 Å². The molecule has 4 heterocycles. The number of nitrogens with zero attached hydrogens (tertiary/aromatic N) is 6. The van der Waals surface area contributed by atoms with Gasteiger partial charge < -0.3 is 22.1 Å². The number of carbonyl (C=O) groups is 2. The van der Waals surface area contributed by atoms with Crippen molar-refractivity contribution >= 4 is 77.7 Å². The molecule has 36 heavy (non-hydrogen) atoms. The van der Waals surface area contributed by atoms with Gasteiger partial charge in [0.2, 0.25) is 22.1 Å². The van der Waals surface area contributed by atoms with Crippen LogP contribution in [-0.4, -0.2) is 42.2 Å². The third-order valence-electron chi connectivity index (χ3n) is 5.57. The van der Waals surface area contributed by atoms with Gasteiger partial charge in [0.15, 0.2) is 10.3 Å². The highest BCUT2D eigenvalue weighted by atomic mass is 32.1. The van der Waals surface area contributed by atoms with Gasteiger partial charge in [-0.15, -0.1) is 43.1 Å². The zero-order chi connectivity index (χ0) is 25.1. The first kappa shape index (κ1) is 24.6. The van der Waals surface area contributed by atoms with Gasteiger partial charge in [0.25, 0.3) is 0 Å². The Balaban J connectivity index is 1.15. The topological polar surface area (TPSA) is 188 Å². The first-order valence-corrected chi connectivity index (χ1v) is 14.5. The molecule has 4 aromatic heterocycles. The van der Waals surface area contributed by atoms with E-state index in [9.17, 15) is 9.59 Å². The number of nitrogens with two attached hydrogens (primary N) is 2. The molecule has 2 unspecified atom stereocenters. The monoisotopic (exact) mass is 562 g/mol. The van der Waals surface area contributed by atoms with Crippen LogP contribution < -0.4 is 22.1 Å². The van der Waals surface area contributed by atoms with Crippen molar-refractivity contribution in [3.05, 3.63) is 32.2 Å². The Kier molecular flexibility index (Phi) is 7.45. The highest BCUT2D eigenvalue weighted by Gasteiger charge is 2.29. The maximum absolute atomic E-state index is 12.3. The lowest BCUT2D eigenvalue weighted by Gasteiger charge is -2.25. The molecular weight excluding hydrogens is 541 g/mol. The van der Waals surface area contributed by atoms with Gasteiger partial charge in [-0.2, -0.15) is 0 Å². The van der Waals surface area contributed by atoms with E-state index in [1.807, 2.05) is 0 Å². The van der Waals surface area contributed by atoms with Crippen LogP contribution in [0.15, 0.2) is 10.8 Å². The van der Waals surface area contributed by atoms with E-state index in [0.717, 1.165) is 35.7 Å². The minimum Gasteiger partial charge on any atom is -0.375 e. The fraction of sp³-hybridized carbons (Fsp3) is 0.400. The lowest BCUT2D eigenvalue weighted by atomic mass is 9.82. The Morgan fingerprint density at radius 1 is 0.806 bits per heavy atom. The molecule has 0 radical (unpaired) electrons. The SMILES string of the molecule is Nc1nc(CC(=O)Nc2nnc(C3CCCC(c4nnc(NC(=O)Cc5csc(N)n5)s4)C3)s2)cs1. The summed E-state index contributed by atoms with van der Waals surface area (Å²) in [6.07, 6.45) is 4.16. The molecule has 1 saturated carbocycles. The second kappa shape index (κ2) is 10.9. The quantitative estimate of drug-likeness (QED) is 0.248. The van der Waals surface area contributed by atoms with Gasteiger partial charge in [-0.1, -0.05) is 29.1 Å². The van der Waals surface area contributed by atoms with Crippen LogP contribution in [0.2, 0.25) is 0 Å². The average Bonchev–Trinajstić information content (AvgIpc) is 3.64. The van der Waals surface area contributed by atoms with Crippen molar-refractivity contribution in [2.75, 3.05) is 22.1 Å². The molecular formula is C20H22N10O2S4. The Morgan fingerprint density at radius 3 is 1.69 bits per heavy atom. The van der Waals surface area contributed by atoms with Crippen LogP contribution in [0.25, 0.3) is 0 Å². The zero-order valence-corrected chi connectivity index (χ0v) is 22.1. The highest BCUT2D eigenvalue weighted by molar-refractivity contribution is 7.16. The van der Waals surface area contributed by atoms with E-state index in [2.05, 4.69) is 41.0 Å². The van der Waals surface area contributed by atoms with E-state index in [1.54, 1.807) is 10.8 Å². The highest BCUT2D eigenvalue weighted by Crippen LogP contribution is 2.43. The number of anilines is 4. The molecule has 188 valence electrons. The van der Waals surface area contributed by atoms with Crippen LogP contribution >= 0.6 is 45.3 Å². The molecule has 2 amide bonds. The number of nitrogens with one attached hydrogen (secondary N) is 2. The molecule has 6 N–H and O–H groups in total. The summed E-state index contributed by atoms with van der Waals surface area (Å²) in [5, 5.41) is 29.7. The summed E-state index contributed by atoms with van der Waals surface area (Å²) in [6.45, 7) is 0. The normalized spacial score (nSPS) is 17.7. The standard InChI is InChI=1S/C20H22N10O2S4/c21-17-23-11(7-33-17)5-13(31)25-19-29-27-15(35-19)9-2-1-3-10(4-9)16-28-30-20(36-16)26-14(32)6-12-8-34-18(22)24-12/h7-10H,1-6H2,(H2,21,23)(H2,22,24)(H,25,29,31)(H,26,30,32). The second-order valence-electron chi connectivity index (χ2n) is 8.26. The molecule has 0 aliphatic heterocycles. The van der Waals surface area contributed by atoms with Crippen LogP contribution in [0.5, 0.6) is 0 Å². The third-order valence-corrected chi connectivity index (χ3v) is 9.02. The lowest BCUT2D eigenvalue weighted by molar-refractivity contribution is -0.116. The maximum Gasteiger partial charge on any atom is 0.232 e.